The van der Waals surface area contributed by atoms with Crippen molar-refractivity contribution in [2.45, 2.75) is 58.7 Å². The van der Waals surface area contributed by atoms with Crippen LogP contribution in [0.25, 0.3) is 0 Å². The Balaban J connectivity index is 3.80. The maximum Gasteiger partial charge on any atom is 0.332 e. The van der Waals surface area contributed by atoms with Crippen molar-refractivity contribution in [2.75, 3.05) is 6.61 Å². The summed E-state index contributed by atoms with van der Waals surface area (Å²) in [4.78, 5) is 11.1. The Labute approximate surface area is 98.8 Å². The minimum Gasteiger partial charge on any atom is -0.433 e. The molecule has 3 nitrogen and oxygen atoms in total. The second-order valence-electron chi connectivity index (χ2n) is 3.79. The number of esters is 1. The number of hydrogen-bond acceptors (Lipinski definition) is 3. The molecule has 0 aliphatic heterocycles. The molecule has 3 heteroatoms. The lowest BCUT2D eigenvalue weighted by molar-refractivity contribution is -0.174. The third kappa shape index (κ3) is 8.48. The van der Waals surface area contributed by atoms with Crippen LogP contribution in [0, 0.1) is 0 Å². The predicted molar refractivity (Wildman–Crippen MR) is 65.1 cm³/mol. The van der Waals surface area contributed by atoms with Crippen LogP contribution in [0.15, 0.2) is 12.7 Å². The highest BCUT2D eigenvalue weighted by atomic mass is 16.7. The van der Waals surface area contributed by atoms with Crippen LogP contribution < -0.4 is 0 Å². The van der Waals surface area contributed by atoms with Crippen molar-refractivity contribution in [1.29, 1.82) is 0 Å². The Kier molecular flexibility index (Phi) is 10.1. The van der Waals surface area contributed by atoms with Gasteiger partial charge in [-0.2, -0.15) is 0 Å². The summed E-state index contributed by atoms with van der Waals surface area (Å²) in [5.41, 5.74) is 0. The Bertz CT molecular complexity index is 190. The molecule has 0 aromatic heterocycles. The molecule has 0 saturated heterocycles. The van der Waals surface area contributed by atoms with Crippen LogP contribution >= 0.6 is 0 Å². The summed E-state index contributed by atoms with van der Waals surface area (Å²) in [5, 5.41) is 0. The fraction of sp³-hybridized carbons (Fsp3) is 0.769. The van der Waals surface area contributed by atoms with Gasteiger partial charge in [-0.05, 0) is 12.8 Å². The van der Waals surface area contributed by atoms with Crippen molar-refractivity contribution in [3.63, 3.8) is 0 Å². The Hall–Kier alpha value is -0.830. The Morgan fingerprint density at radius 3 is 2.50 bits per heavy atom. The van der Waals surface area contributed by atoms with Crippen LogP contribution in [0.4, 0.5) is 0 Å². The summed E-state index contributed by atoms with van der Waals surface area (Å²) in [6, 6.07) is 0. The molecule has 16 heavy (non-hydrogen) atoms. The molecule has 1 atom stereocenters. The van der Waals surface area contributed by atoms with Crippen molar-refractivity contribution in [3.8, 4) is 0 Å². The van der Waals surface area contributed by atoms with Gasteiger partial charge in [-0.1, -0.05) is 39.7 Å². The summed E-state index contributed by atoms with van der Waals surface area (Å²) >= 11 is 0. The molecule has 0 aromatic carbocycles. The minimum atomic E-state index is -0.406. The van der Waals surface area contributed by atoms with E-state index < -0.39 is 12.3 Å². The van der Waals surface area contributed by atoms with E-state index in [9.17, 15) is 4.79 Å². The molecular formula is C13H24O3. The first-order chi connectivity index (χ1) is 7.74. The van der Waals surface area contributed by atoms with Gasteiger partial charge in [-0.25, -0.2) is 4.79 Å². The van der Waals surface area contributed by atoms with Crippen LogP contribution in [0.3, 0.4) is 0 Å². The van der Waals surface area contributed by atoms with Crippen molar-refractivity contribution in [3.05, 3.63) is 12.7 Å². The van der Waals surface area contributed by atoms with Gasteiger partial charge in [0.25, 0.3) is 0 Å². The van der Waals surface area contributed by atoms with Gasteiger partial charge in [0.15, 0.2) is 0 Å². The molecule has 0 aliphatic carbocycles. The summed E-state index contributed by atoms with van der Waals surface area (Å²) in [6.45, 7) is 8.28. The lowest BCUT2D eigenvalue weighted by Gasteiger charge is -2.17. The standard InChI is InChI=1S/C13H24O3/c1-4-7-9-11-15-13(10-8-5-2)16-12(14)6-3/h6,13H,3-5,7-11H2,1-2H3. The normalized spacial score (nSPS) is 12.1. The maximum atomic E-state index is 11.1. The molecule has 0 N–H and O–H groups in total. The van der Waals surface area contributed by atoms with E-state index in [4.69, 9.17) is 9.47 Å². The molecule has 0 saturated carbocycles. The van der Waals surface area contributed by atoms with Crippen molar-refractivity contribution >= 4 is 5.97 Å². The predicted octanol–water partition coefficient (Wildman–Crippen LogP) is 3.44. The zero-order chi connectivity index (χ0) is 12.2. The first-order valence-corrected chi connectivity index (χ1v) is 6.19. The number of hydrogen-bond donors (Lipinski definition) is 0. The average Bonchev–Trinajstić information content (AvgIpc) is 2.30. The molecule has 0 aromatic rings. The number of carbonyl (C=O) groups excluding carboxylic acids is 1. The highest BCUT2D eigenvalue weighted by Gasteiger charge is 2.11. The summed E-state index contributed by atoms with van der Waals surface area (Å²) in [7, 11) is 0. The summed E-state index contributed by atoms with van der Waals surface area (Å²) < 4.78 is 10.6. The zero-order valence-electron chi connectivity index (χ0n) is 10.5. The van der Waals surface area contributed by atoms with Gasteiger partial charge in [-0.15, -0.1) is 0 Å². The van der Waals surface area contributed by atoms with Crippen LogP contribution in [-0.4, -0.2) is 18.9 Å². The van der Waals surface area contributed by atoms with E-state index in [1.54, 1.807) is 0 Å². The molecule has 0 radical (unpaired) electrons. The van der Waals surface area contributed by atoms with Crippen molar-refractivity contribution in [1.82, 2.24) is 0 Å². The second kappa shape index (κ2) is 10.7. The van der Waals surface area contributed by atoms with Gasteiger partial charge >= 0.3 is 5.97 Å². The fourth-order valence-electron chi connectivity index (χ4n) is 1.29. The van der Waals surface area contributed by atoms with Gasteiger partial charge in [0.05, 0.1) is 6.61 Å². The molecule has 0 rings (SSSR count). The largest absolute Gasteiger partial charge is 0.433 e. The average molecular weight is 228 g/mol. The van der Waals surface area contributed by atoms with E-state index in [2.05, 4.69) is 20.4 Å². The molecule has 0 bridgehead atoms. The van der Waals surface area contributed by atoms with E-state index in [1.807, 2.05) is 0 Å². The molecule has 0 spiro atoms. The molecule has 0 fully saturated rings. The van der Waals surface area contributed by atoms with Crippen LogP contribution in [0.5, 0.6) is 0 Å². The van der Waals surface area contributed by atoms with Gasteiger partial charge < -0.3 is 9.47 Å². The minimum absolute atomic E-state index is 0.401. The Morgan fingerprint density at radius 2 is 1.94 bits per heavy atom. The molecule has 0 amide bonds. The zero-order valence-corrected chi connectivity index (χ0v) is 10.5. The third-order valence-electron chi connectivity index (χ3n) is 2.26. The summed E-state index contributed by atoms with van der Waals surface area (Å²) in [6.07, 6.45) is 6.94. The second-order valence-corrected chi connectivity index (χ2v) is 3.79. The van der Waals surface area contributed by atoms with E-state index >= 15 is 0 Å². The highest BCUT2D eigenvalue weighted by molar-refractivity contribution is 5.81. The van der Waals surface area contributed by atoms with Crippen LogP contribution in [-0.2, 0) is 14.3 Å². The topological polar surface area (TPSA) is 35.5 Å². The SMILES string of the molecule is C=CC(=O)OC(CCCC)OCCCCC. The highest BCUT2D eigenvalue weighted by Crippen LogP contribution is 2.08. The molecule has 1 unspecified atom stereocenters. The third-order valence-corrected chi connectivity index (χ3v) is 2.26. The van der Waals surface area contributed by atoms with Crippen LogP contribution in [0.1, 0.15) is 52.4 Å². The number of rotatable bonds is 10. The molecule has 94 valence electrons. The van der Waals surface area contributed by atoms with Crippen molar-refractivity contribution in [2.24, 2.45) is 0 Å². The van der Waals surface area contributed by atoms with E-state index in [0.717, 1.165) is 38.5 Å². The summed E-state index contributed by atoms with van der Waals surface area (Å²) in [5.74, 6) is -0.406. The fourth-order valence-corrected chi connectivity index (χ4v) is 1.29. The van der Waals surface area contributed by atoms with E-state index in [0.29, 0.717) is 6.61 Å². The monoisotopic (exact) mass is 228 g/mol. The van der Waals surface area contributed by atoms with Crippen molar-refractivity contribution < 1.29 is 14.3 Å². The Morgan fingerprint density at radius 1 is 1.25 bits per heavy atom. The number of carbonyl (C=O) groups is 1. The van der Waals surface area contributed by atoms with E-state index in [-0.39, 0.29) is 0 Å². The van der Waals surface area contributed by atoms with Gasteiger partial charge in [0.2, 0.25) is 6.29 Å². The molecule has 0 aliphatic rings. The lowest BCUT2D eigenvalue weighted by Crippen LogP contribution is -2.21. The first kappa shape index (κ1) is 15.2. The number of ether oxygens (including phenoxy) is 2. The quantitative estimate of drug-likeness (QED) is 0.249. The van der Waals surface area contributed by atoms with Gasteiger partial charge in [0, 0.05) is 12.5 Å². The van der Waals surface area contributed by atoms with Gasteiger partial charge in [-0.3, -0.25) is 0 Å². The van der Waals surface area contributed by atoms with Gasteiger partial charge in [0.1, 0.15) is 0 Å². The lowest BCUT2D eigenvalue weighted by atomic mass is 10.2. The first-order valence-electron chi connectivity index (χ1n) is 6.19. The molecule has 0 heterocycles. The number of unbranched alkanes of at least 4 members (excludes halogenated alkanes) is 3. The maximum absolute atomic E-state index is 11.1. The smallest absolute Gasteiger partial charge is 0.332 e. The van der Waals surface area contributed by atoms with Crippen LogP contribution in [0.2, 0.25) is 0 Å². The molecular weight excluding hydrogens is 204 g/mol. The van der Waals surface area contributed by atoms with E-state index in [1.165, 1.54) is 6.08 Å².